The lowest BCUT2D eigenvalue weighted by atomic mass is 10.2. The number of aromatic nitrogens is 3. The Kier molecular flexibility index (Phi) is 7.44. The maximum Gasteiger partial charge on any atom is 0.407 e. The molecule has 0 radical (unpaired) electrons. The average Bonchev–Trinajstić information content (AvgIpc) is 2.99. The molecular formula is C17H26BrN7O3. The maximum absolute atomic E-state index is 11.6. The van der Waals surface area contributed by atoms with Gasteiger partial charge in [0.2, 0.25) is 17.8 Å². The quantitative estimate of drug-likeness (QED) is 0.440. The second-order valence-corrected chi connectivity index (χ2v) is 7.84. The molecule has 11 heteroatoms. The van der Waals surface area contributed by atoms with Crippen LogP contribution in [0.15, 0.2) is 21.2 Å². The van der Waals surface area contributed by atoms with Gasteiger partial charge < -0.3 is 30.8 Å². The molecule has 2 aromatic rings. The molecule has 0 unspecified atom stereocenters. The van der Waals surface area contributed by atoms with Crippen molar-refractivity contribution in [2.75, 3.05) is 29.5 Å². The molecule has 2 rings (SSSR count). The van der Waals surface area contributed by atoms with Crippen LogP contribution in [0.1, 0.15) is 45.9 Å². The summed E-state index contributed by atoms with van der Waals surface area (Å²) in [5.74, 6) is 1.51. The summed E-state index contributed by atoms with van der Waals surface area (Å²) in [6, 6.07) is 3.51. The van der Waals surface area contributed by atoms with E-state index in [4.69, 9.17) is 14.9 Å². The van der Waals surface area contributed by atoms with Crippen LogP contribution in [-0.2, 0) is 4.74 Å². The third-order valence-corrected chi connectivity index (χ3v) is 3.75. The Hall–Kier alpha value is -2.56. The summed E-state index contributed by atoms with van der Waals surface area (Å²) in [6.45, 7) is 8.36. The molecule has 0 saturated heterocycles. The van der Waals surface area contributed by atoms with Crippen LogP contribution in [-0.4, -0.2) is 39.7 Å². The van der Waals surface area contributed by atoms with Crippen molar-refractivity contribution in [1.82, 2.24) is 20.3 Å². The molecule has 0 aromatic carbocycles. The minimum Gasteiger partial charge on any atom is -0.452 e. The lowest BCUT2D eigenvalue weighted by Gasteiger charge is -2.19. The molecule has 1 amide bonds. The van der Waals surface area contributed by atoms with Gasteiger partial charge >= 0.3 is 6.09 Å². The van der Waals surface area contributed by atoms with Gasteiger partial charge in [0, 0.05) is 13.1 Å². The average molecular weight is 456 g/mol. The van der Waals surface area contributed by atoms with Gasteiger partial charge in [0.05, 0.1) is 6.04 Å². The summed E-state index contributed by atoms with van der Waals surface area (Å²) in [6.07, 6.45) is 0.215. The van der Waals surface area contributed by atoms with Crippen LogP contribution in [0, 0.1) is 0 Å². The predicted octanol–water partition coefficient (Wildman–Crippen LogP) is 3.31. The number of hydrogen-bond donors (Lipinski definition) is 4. The van der Waals surface area contributed by atoms with E-state index in [1.54, 1.807) is 0 Å². The van der Waals surface area contributed by atoms with Gasteiger partial charge in [-0.05, 0) is 62.2 Å². The van der Waals surface area contributed by atoms with E-state index in [0.717, 1.165) is 5.76 Å². The number of anilines is 3. The van der Waals surface area contributed by atoms with Crippen LogP contribution in [0.5, 0.6) is 0 Å². The number of ether oxygens (including phenoxy) is 1. The van der Waals surface area contributed by atoms with E-state index < -0.39 is 11.7 Å². The van der Waals surface area contributed by atoms with Crippen LogP contribution < -0.4 is 21.7 Å². The van der Waals surface area contributed by atoms with Crippen molar-refractivity contribution >= 4 is 39.9 Å². The largest absolute Gasteiger partial charge is 0.452 e. The number of nitrogens with zero attached hydrogens (tertiary/aromatic N) is 3. The molecule has 154 valence electrons. The number of alkyl carbamates (subject to hydrolysis) is 1. The third kappa shape index (κ3) is 7.59. The molecule has 2 aromatic heterocycles. The number of nitrogens with one attached hydrogen (secondary N) is 3. The fourth-order valence-corrected chi connectivity index (χ4v) is 2.47. The number of halogens is 1. The molecule has 10 nitrogen and oxygen atoms in total. The van der Waals surface area contributed by atoms with Crippen LogP contribution >= 0.6 is 15.9 Å². The van der Waals surface area contributed by atoms with Crippen molar-refractivity contribution in [1.29, 1.82) is 0 Å². The first-order chi connectivity index (χ1) is 13.1. The zero-order valence-electron chi connectivity index (χ0n) is 16.4. The van der Waals surface area contributed by atoms with E-state index in [1.165, 1.54) is 0 Å². The van der Waals surface area contributed by atoms with E-state index in [-0.39, 0.29) is 12.0 Å². The summed E-state index contributed by atoms with van der Waals surface area (Å²) in [4.78, 5) is 24.0. The van der Waals surface area contributed by atoms with Gasteiger partial charge in [-0.15, -0.1) is 0 Å². The second kappa shape index (κ2) is 9.58. The van der Waals surface area contributed by atoms with Crippen molar-refractivity contribution in [3.63, 3.8) is 0 Å². The fourth-order valence-electron chi connectivity index (χ4n) is 2.15. The van der Waals surface area contributed by atoms with Crippen molar-refractivity contribution in [3.8, 4) is 0 Å². The lowest BCUT2D eigenvalue weighted by molar-refractivity contribution is 0.0528. The molecule has 5 N–H and O–H groups in total. The Morgan fingerprint density at radius 3 is 2.61 bits per heavy atom. The summed E-state index contributed by atoms with van der Waals surface area (Å²) < 4.78 is 11.3. The second-order valence-electron chi connectivity index (χ2n) is 7.06. The minimum absolute atomic E-state index is 0.0969. The number of nitrogen functional groups attached to an aromatic ring is 1. The van der Waals surface area contributed by atoms with Crippen molar-refractivity contribution in [2.24, 2.45) is 0 Å². The van der Waals surface area contributed by atoms with Gasteiger partial charge in [-0.25, -0.2) is 4.79 Å². The molecule has 0 aliphatic heterocycles. The molecule has 0 spiro atoms. The highest BCUT2D eigenvalue weighted by Crippen LogP contribution is 2.22. The normalized spacial score (nSPS) is 12.3. The number of furan rings is 1. The highest BCUT2D eigenvalue weighted by atomic mass is 79.9. The topological polar surface area (TPSA) is 140 Å². The maximum atomic E-state index is 11.6. The monoisotopic (exact) mass is 455 g/mol. The van der Waals surface area contributed by atoms with Gasteiger partial charge in [0.1, 0.15) is 11.4 Å². The number of rotatable bonds is 8. The Morgan fingerprint density at radius 1 is 1.25 bits per heavy atom. The van der Waals surface area contributed by atoms with Crippen LogP contribution in [0.3, 0.4) is 0 Å². The van der Waals surface area contributed by atoms with E-state index in [1.807, 2.05) is 39.8 Å². The summed E-state index contributed by atoms with van der Waals surface area (Å²) in [5, 5.41) is 8.87. The summed E-state index contributed by atoms with van der Waals surface area (Å²) in [7, 11) is 0. The van der Waals surface area contributed by atoms with Crippen molar-refractivity contribution < 1.29 is 13.9 Å². The molecule has 1 atom stereocenters. The van der Waals surface area contributed by atoms with Crippen LogP contribution in [0.2, 0.25) is 0 Å². The van der Waals surface area contributed by atoms with Crippen molar-refractivity contribution in [2.45, 2.75) is 45.8 Å². The number of nitrogens with two attached hydrogens (primary N) is 1. The van der Waals surface area contributed by atoms with Gasteiger partial charge in [-0.2, -0.15) is 15.0 Å². The number of carbonyl (C=O) groups excluding carboxylic acids is 1. The first-order valence-corrected chi connectivity index (χ1v) is 9.66. The van der Waals surface area contributed by atoms with Crippen molar-refractivity contribution in [3.05, 3.63) is 22.6 Å². The zero-order chi connectivity index (χ0) is 20.7. The fraction of sp³-hybridized carbons (Fsp3) is 0.529. The standard InChI is InChI=1S/C17H26BrN7O3/c1-10(11-6-7-12(18)27-11)22-15-24-13(19)23-14(25-15)20-8-5-9-21-16(26)28-17(2,3)4/h6-7,10H,5,8-9H2,1-4H3,(H,21,26)(H4,19,20,22,23,24,25)/t10-/m0/s1. The molecule has 0 aliphatic carbocycles. The smallest absolute Gasteiger partial charge is 0.407 e. The van der Waals surface area contributed by atoms with E-state index in [9.17, 15) is 4.79 Å². The molecule has 0 saturated carbocycles. The molecule has 0 aliphatic rings. The molecular weight excluding hydrogens is 430 g/mol. The Bertz CT molecular complexity index is 791. The molecule has 0 fully saturated rings. The van der Waals surface area contributed by atoms with E-state index in [0.29, 0.717) is 36.1 Å². The number of amides is 1. The van der Waals surface area contributed by atoms with Crippen LogP contribution in [0.25, 0.3) is 0 Å². The Balaban J connectivity index is 1.80. The zero-order valence-corrected chi connectivity index (χ0v) is 18.0. The third-order valence-electron chi connectivity index (χ3n) is 3.32. The number of carbonyl (C=O) groups is 1. The van der Waals surface area contributed by atoms with E-state index >= 15 is 0 Å². The molecule has 0 bridgehead atoms. The highest BCUT2D eigenvalue weighted by Gasteiger charge is 2.15. The van der Waals surface area contributed by atoms with Gasteiger partial charge in [0.25, 0.3) is 0 Å². The first-order valence-electron chi connectivity index (χ1n) is 8.86. The van der Waals surface area contributed by atoms with E-state index in [2.05, 4.69) is 46.8 Å². The summed E-state index contributed by atoms with van der Waals surface area (Å²) >= 11 is 3.27. The Morgan fingerprint density at radius 2 is 1.96 bits per heavy atom. The van der Waals surface area contributed by atoms with Gasteiger partial charge in [-0.1, -0.05) is 0 Å². The predicted molar refractivity (Wildman–Crippen MR) is 110 cm³/mol. The summed E-state index contributed by atoms with van der Waals surface area (Å²) in [5.41, 5.74) is 5.24. The van der Waals surface area contributed by atoms with Crippen LogP contribution in [0.4, 0.5) is 22.6 Å². The lowest BCUT2D eigenvalue weighted by Crippen LogP contribution is -2.33. The Labute approximate surface area is 172 Å². The molecule has 28 heavy (non-hydrogen) atoms. The first kappa shape index (κ1) is 21.7. The molecule has 2 heterocycles. The minimum atomic E-state index is -0.517. The highest BCUT2D eigenvalue weighted by molar-refractivity contribution is 9.10. The van der Waals surface area contributed by atoms with Gasteiger partial charge in [0.15, 0.2) is 4.67 Å². The number of hydrogen-bond acceptors (Lipinski definition) is 9. The SMILES string of the molecule is C[C@H](Nc1nc(N)nc(NCCCNC(=O)OC(C)(C)C)n1)c1ccc(Br)o1. The van der Waals surface area contributed by atoms with Gasteiger partial charge in [-0.3, -0.25) is 0 Å².